The lowest BCUT2D eigenvalue weighted by Crippen LogP contribution is -2.52. The molecular formula is C35H45N3O4S. The zero-order valence-corrected chi connectivity index (χ0v) is 26.7. The van der Waals surface area contributed by atoms with E-state index in [4.69, 9.17) is 0 Å². The molecule has 3 aromatic carbocycles. The summed E-state index contributed by atoms with van der Waals surface area (Å²) in [4.78, 5) is 29.7. The van der Waals surface area contributed by atoms with Gasteiger partial charge in [0.2, 0.25) is 21.8 Å². The minimum Gasteiger partial charge on any atom is -0.352 e. The fraction of sp³-hybridized carbons (Fsp3) is 0.429. The molecule has 1 N–H and O–H groups in total. The molecule has 3 aromatic rings. The second kappa shape index (κ2) is 14.7. The molecule has 8 heteroatoms. The lowest BCUT2D eigenvalue weighted by atomic mass is 10.0. The maximum absolute atomic E-state index is 14.1. The SMILES string of the molecule is Cc1cccc(CN(C(=O)CCCN(c2cc(C)ccc2C)S(C)(=O)=O)[C@H](Cc2ccccc2)C(=O)NC2CCCC2)c1. The van der Waals surface area contributed by atoms with Crippen molar-refractivity contribution in [3.05, 3.63) is 101 Å². The van der Waals surface area contributed by atoms with E-state index in [0.717, 1.165) is 53.5 Å². The van der Waals surface area contributed by atoms with E-state index < -0.39 is 16.1 Å². The average molecular weight is 604 g/mol. The second-order valence-corrected chi connectivity index (χ2v) is 13.8. The normalized spacial score (nSPS) is 14.3. The number of amides is 2. The second-order valence-electron chi connectivity index (χ2n) is 11.9. The van der Waals surface area contributed by atoms with Crippen LogP contribution in [0.3, 0.4) is 0 Å². The van der Waals surface area contributed by atoms with Gasteiger partial charge in [-0.1, -0.05) is 85.1 Å². The van der Waals surface area contributed by atoms with Gasteiger partial charge >= 0.3 is 0 Å². The molecule has 43 heavy (non-hydrogen) atoms. The highest BCUT2D eigenvalue weighted by molar-refractivity contribution is 7.92. The molecule has 7 nitrogen and oxygen atoms in total. The number of carbonyl (C=O) groups excluding carboxylic acids is 2. The van der Waals surface area contributed by atoms with E-state index >= 15 is 0 Å². The monoisotopic (exact) mass is 603 g/mol. The Morgan fingerprint density at radius 1 is 0.884 bits per heavy atom. The Morgan fingerprint density at radius 3 is 2.23 bits per heavy atom. The summed E-state index contributed by atoms with van der Waals surface area (Å²) in [5.74, 6) is -0.302. The third-order valence-corrected chi connectivity index (χ3v) is 9.37. The molecule has 1 aliphatic carbocycles. The number of carbonyl (C=O) groups is 2. The van der Waals surface area contributed by atoms with Crippen molar-refractivity contribution >= 4 is 27.5 Å². The van der Waals surface area contributed by atoms with Crippen molar-refractivity contribution in [1.29, 1.82) is 0 Å². The zero-order chi connectivity index (χ0) is 31.0. The Morgan fingerprint density at radius 2 is 1.56 bits per heavy atom. The van der Waals surface area contributed by atoms with Gasteiger partial charge in [0.05, 0.1) is 11.9 Å². The van der Waals surface area contributed by atoms with Crippen LogP contribution in [0, 0.1) is 20.8 Å². The third-order valence-electron chi connectivity index (χ3n) is 8.19. The number of anilines is 1. The summed E-state index contributed by atoms with van der Waals surface area (Å²) in [6.07, 6.45) is 6.13. The van der Waals surface area contributed by atoms with Gasteiger partial charge in [0, 0.05) is 32.0 Å². The smallest absolute Gasteiger partial charge is 0.243 e. The highest BCUT2D eigenvalue weighted by Crippen LogP contribution is 2.25. The van der Waals surface area contributed by atoms with Crippen molar-refractivity contribution in [2.75, 3.05) is 17.1 Å². The van der Waals surface area contributed by atoms with E-state index in [1.807, 2.05) is 93.6 Å². The van der Waals surface area contributed by atoms with Crippen LogP contribution in [0.4, 0.5) is 5.69 Å². The molecule has 0 heterocycles. The summed E-state index contributed by atoms with van der Waals surface area (Å²) in [6.45, 7) is 6.29. The van der Waals surface area contributed by atoms with Crippen LogP contribution in [0.2, 0.25) is 0 Å². The van der Waals surface area contributed by atoms with Gasteiger partial charge in [0.1, 0.15) is 6.04 Å². The fourth-order valence-corrected chi connectivity index (χ4v) is 6.91. The van der Waals surface area contributed by atoms with E-state index in [-0.39, 0.29) is 30.8 Å². The molecule has 0 aromatic heterocycles. The van der Waals surface area contributed by atoms with Crippen molar-refractivity contribution in [3.63, 3.8) is 0 Å². The molecule has 2 amide bonds. The number of rotatable bonds is 13. The maximum Gasteiger partial charge on any atom is 0.243 e. The first-order chi connectivity index (χ1) is 20.5. The van der Waals surface area contributed by atoms with E-state index in [1.54, 1.807) is 4.90 Å². The van der Waals surface area contributed by atoms with Crippen LogP contribution in [-0.4, -0.2) is 50.0 Å². The zero-order valence-electron chi connectivity index (χ0n) is 25.9. The first kappa shape index (κ1) is 32.3. The van der Waals surface area contributed by atoms with E-state index in [1.165, 1.54) is 10.6 Å². The Hall–Kier alpha value is -3.65. The summed E-state index contributed by atoms with van der Waals surface area (Å²) < 4.78 is 27.0. The Bertz CT molecular complexity index is 1500. The van der Waals surface area contributed by atoms with Crippen molar-refractivity contribution in [3.8, 4) is 0 Å². The molecule has 1 aliphatic rings. The highest BCUT2D eigenvalue weighted by Gasteiger charge is 2.32. The molecule has 1 saturated carbocycles. The number of sulfonamides is 1. The summed E-state index contributed by atoms with van der Waals surface area (Å²) >= 11 is 0. The van der Waals surface area contributed by atoms with Gasteiger partial charge < -0.3 is 10.2 Å². The lowest BCUT2D eigenvalue weighted by Gasteiger charge is -2.33. The quantitative estimate of drug-likeness (QED) is 0.265. The average Bonchev–Trinajstić information content (AvgIpc) is 3.47. The summed E-state index contributed by atoms with van der Waals surface area (Å²) in [5, 5.41) is 3.24. The standard InChI is InChI=1S/C35H45N3O4S/c1-26-12-10-15-30(22-26)25-37(33(24-29-13-6-5-7-14-29)35(40)36-31-16-8-9-17-31)34(39)18-11-21-38(43(4,41)42)32-23-27(2)19-20-28(32)3/h5-7,10,12-15,19-20,22-23,31,33H,8-9,11,16-18,21,24-25H2,1-4H3,(H,36,40)/t33-/m1/s1. The van der Waals surface area contributed by atoms with Crippen LogP contribution in [0.1, 0.15) is 66.3 Å². The van der Waals surface area contributed by atoms with Crippen LogP contribution in [0.15, 0.2) is 72.8 Å². The molecule has 0 unspecified atom stereocenters. The Balaban J connectivity index is 1.60. The van der Waals surface area contributed by atoms with Crippen molar-refractivity contribution < 1.29 is 18.0 Å². The molecule has 230 valence electrons. The molecular weight excluding hydrogens is 558 g/mol. The molecule has 0 bridgehead atoms. The van der Waals surface area contributed by atoms with Gasteiger partial charge in [-0.2, -0.15) is 0 Å². The Labute approximate surface area is 257 Å². The number of nitrogens with zero attached hydrogens (tertiary/aromatic N) is 2. The van der Waals surface area contributed by atoms with Crippen LogP contribution in [0.5, 0.6) is 0 Å². The summed E-state index contributed by atoms with van der Waals surface area (Å²) in [7, 11) is -3.57. The molecule has 0 saturated heterocycles. The third kappa shape index (κ3) is 9.17. The van der Waals surface area contributed by atoms with Gasteiger partial charge in [-0.3, -0.25) is 13.9 Å². The number of hydrogen-bond donors (Lipinski definition) is 1. The lowest BCUT2D eigenvalue weighted by molar-refractivity contribution is -0.141. The minimum absolute atomic E-state index is 0.116. The van der Waals surface area contributed by atoms with E-state index in [2.05, 4.69) is 5.32 Å². The van der Waals surface area contributed by atoms with E-state index in [0.29, 0.717) is 25.1 Å². The van der Waals surface area contributed by atoms with Gasteiger partial charge in [-0.15, -0.1) is 0 Å². The van der Waals surface area contributed by atoms with Gasteiger partial charge in [0.15, 0.2) is 0 Å². The minimum atomic E-state index is -3.57. The predicted octanol–water partition coefficient (Wildman–Crippen LogP) is 5.86. The summed E-state index contributed by atoms with van der Waals surface area (Å²) in [6, 6.07) is 23.0. The predicted molar refractivity (Wildman–Crippen MR) is 173 cm³/mol. The van der Waals surface area contributed by atoms with E-state index in [9.17, 15) is 18.0 Å². The van der Waals surface area contributed by atoms with Gasteiger partial charge in [0.25, 0.3) is 0 Å². The number of aryl methyl sites for hydroxylation is 3. The molecule has 0 radical (unpaired) electrons. The van der Waals surface area contributed by atoms with Crippen LogP contribution in [-0.2, 0) is 32.6 Å². The first-order valence-corrected chi connectivity index (χ1v) is 17.1. The molecule has 1 fully saturated rings. The highest BCUT2D eigenvalue weighted by atomic mass is 32.2. The first-order valence-electron chi connectivity index (χ1n) is 15.3. The van der Waals surface area contributed by atoms with Crippen LogP contribution >= 0.6 is 0 Å². The van der Waals surface area contributed by atoms with Crippen molar-refractivity contribution in [1.82, 2.24) is 10.2 Å². The topological polar surface area (TPSA) is 86.8 Å². The van der Waals surface area contributed by atoms with Crippen LogP contribution in [0.25, 0.3) is 0 Å². The fourth-order valence-electron chi connectivity index (χ4n) is 5.90. The van der Waals surface area contributed by atoms with Crippen molar-refractivity contribution in [2.45, 2.75) is 84.3 Å². The van der Waals surface area contributed by atoms with Gasteiger partial charge in [-0.25, -0.2) is 8.42 Å². The van der Waals surface area contributed by atoms with Crippen molar-refractivity contribution in [2.24, 2.45) is 0 Å². The number of benzene rings is 3. The number of hydrogen-bond acceptors (Lipinski definition) is 4. The van der Waals surface area contributed by atoms with Gasteiger partial charge in [-0.05, 0) is 68.4 Å². The van der Waals surface area contributed by atoms with Crippen LogP contribution < -0.4 is 9.62 Å². The summed E-state index contributed by atoms with van der Waals surface area (Å²) in [5.41, 5.74) is 5.46. The Kier molecular flexibility index (Phi) is 11.0. The molecule has 0 aliphatic heterocycles. The molecule has 4 rings (SSSR count). The largest absolute Gasteiger partial charge is 0.352 e. The number of nitrogens with one attached hydrogen (secondary N) is 1. The molecule has 0 spiro atoms. The maximum atomic E-state index is 14.1. The molecule has 1 atom stereocenters.